The van der Waals surface area contributed by atoms with E-state index in [1.165, 1.54) is 24.2 Å². The molecule has 2 atom stereocenters. The van der Waals surface area contributed by atoms with E-state index < -0.39 is 0 Å². The first-order valence-corrected chi connectivity index (χ1v) is 6.20. The lowest BCUT2D eigenvalue weighted by Gasteiger charge is -1.97. The number of carbonyl (C=O) groups is 1. The zero-order valence-electron chi connectivity index (χ0n) is 8.56. The SMILES string of the molecule is CC1CC1C(=O)Nc1nnc(C2CC2)s1. The maximum absolute atomic E-state index is 11.6. The highest BCUT2D eigenvalue weighted by Gasteiger charge is 2.39. The van der Waals surface area contributed by atoms with Crippen molar-refractivity contribution in [2.75, 3.05) is 5.32 Å². The molecule has 0 aliphatic heterocycles. The molecule has 4 nitrogen and oxygen atoms in total. The monoisotopic (exact) mass is 223 g/mol. The molecule has 2 aliphatic rings. The van der Waals surface area contributed by atoms with Crippen LogP contribution < -0.4 is 5.32 Å². The second-order valence-electron chi connectivity index (χ2n) is 4.53. The molecule has 2 saturated carbocycles. The van der Waals surface area contributed by atoms with Crippen molar-refractivity contribution in [3.8, 4) is 0 Å². The van der Waals surface area contributed by atoms with Gasteiger partial charge in [0.15, 0.2) is 0 Å². The molecule has 1 aromatic rings. The van der Waals surface area contributed by atoms with Gasteiger partial charge in [-0.25, -0.2) is 0 Å². The van der Waals surface area contributed by atoms with Crippen LogP contribution in [0.15, 0.2) is 0 Å². The van der Waals surface area contributed by atoms with Crippen molar-refractivity contribution in [3.05, 3.63) is 5.01 Å². The van der Waals surface area contributed by atoms with Crippen LogP contribution in [0, 0.1) is 11.8 Å². The van der Waals surface area contributed by atoms with E-state index in [-0.39, 0.29) is 11.8 Å². The standard InChI is InChI=1S/C10H13N3OS/c1-5-4-7(5)8(14)11-10-13-12-9(15-10)6-2-3-6/h5-7H,2-4H2,1H3,(H,11,13,14). The highest BCUT2D eigenvalue weighted by Crippen LogP contribution is 2.42. The third-order valence-electron chi connectivity index (χ3n) is 3.04. The molecule has 1 heterocycles. The van der Waals surface area contributed by atoms with Gasteiger partial charge < -0.3 is 5.32 Å². The Morgan fingerprint density at radius 2 is 2.20 bits per heavy atom. The summed E-state index contributed by atoms with van der Waals surface area (Å²) < 4.78 is 0. The highest BCUT2D eigenvalue weighted by atomic mass is 32.1. The number of hydrogen-bond acceptors (Lipinski definition) is 4. The fourth-order valence-corrected chi connectivity index (χ4v) is 2.58. The molecule has 0 spiro atoms. The van der Waals surface area contributed by atoms with E-state index in [1.807, 2.05) is 0 Å². The lowest BCUT2D eigenvalue weighted by molar-refractivity contribution is -0.117. The molecule has 5 heteroatoms. The molecule has 2 fully saturated rings. The molecular weight excluding hydrogens is 210 g/mol. The van der Waals surface area contributed by atoms with Crippen molar-refractivity contribution in [2.45, 2.75) is 32.1 Å². The molecule has 3 rings (SSSR count). The maximum atomic E-state index is 11.6. The van der Waals surface area contributed by atoms with E-state index in [0.29, 0.717) is 17.0 Å². The number of nitrogens with zero attached hydrogens (tertiary/aromatic N) is 2. The fraction of sp³-hybridized carbons (Fsp3) is 0.700. The van der Waals surface area contributed by atoms with Gasteiger partial charge in [-0.05, 0) is 25.2 Å². The normalized spacial score (nSPS) is 28.9. The first-order chi connectivity index (χ1) is 7.24. The number of hydrogen-bond donors (Lipinski definition) is 1. The van der Waals surface area contributed by atoms with Gasteiger partial charge in [0.2, 0.25) is 11.0 Å². The molecule has 2 unspecified atom stereocenters. The van der Waals surface area contributed by atoms with Gasteiger partial charge in [-0.15, -0.1) is 10.2 Å². The first kappa shape index (κ1) is 9.27. The minimum Gasteiger partial charge on any atom is -0.300 e. The number of carbonyl (C=O) groups excluding carboxylic acids is 1. The minimum atomic E-state index is 0.112. The molecule has 2 aliphatic carbocycles. The van der Waals surface area contributed by atoms with Crippen molar-refractivity contribution < 1.29 is 4.79 Å². The van der Waals surface area contributed by atoms with Crippen LogP contribution in [-0.4, -0.2) is 16.1 Å². The van der Waals surface area contributed by atoms with E-state index in [9.17, 15) is 4.79 Å². The third-order valence-corrected chi connectivity index (χ3v) is 4.04. The number of amides is 1. The summed E-state index contributed by atoms with van der Waals surface area (Å²) in [5, 5.41) is 12.7. The maximum Gasteiger partial charge on any atom is 0.229 e. The number of anilines is 1. The summed E-state index contributed by atoms with van der Waals surface area (Å²) in [5.41, 5.74) is 0. The minimum absolute atomic E-state index is 0.112. The zero-order chi connectivity index (χ0) is 10.4. The first-order valence-electron chi connectivity index (χ1n) is 5.38. The van der Waals surface area contributed by atoms with Crippen LogP contribution in [-0.2, 0) is 4.79 Å². The quantitative estimate of drug-likeness (QED) is 0.852. The molecule has 1 amide bonds. The molecule has 0 radical (unpaired) electrons. The van der Waals surface area contributed by atoms with Crippen LogP contribution in [0.3, 0.4) is 0 Å². The Labute approximate surface area is 92.1 Å². The molecule has 80 valence electrons. The van der Waals surface area contributed by atoms with Crippen LogP contribution in [0.5, 0.6) is 0 Å². The predicted molar refractivity (Wildman–Crippen MR) is 57.8 cm³/mol. The van der Waals surface area contributed by atoms with Crippen LogP contribution in [0.4, 0.5) is 5.13 Å². The summed E-state index contributed by atoms with van der Waals surface area (Å²) in [5.74, 6) is 1.48. The lowest BCUT2D eigenvalue weighted by atomic mass is 10.3. The van der Waals surface area contributed by atoms with Gasteiger partial charge in [0.05, 0.1) is 0 Å². The molecule has 1 N–H and O–H groups in total. The third kappa shape index (κ3) is 1.88. The summed E-state index contributed by atoms with van der Waals surface area (Å²) in [6.45, 7) is 2.10. The van der Waals surface area contributed by atoms with Crippen LogP contribution in [0.25, 0.3) is 0 Å². The Hall–Kier alpha value is -0.970. The Balaban J connectivity index is 1.63. The molecule has 0 saturated heterocycles. The van der Waals surface area contributed by atoms with Crippen molar-refractivity contribution in [2.24, 2.45) is 11.8 Å². The van der Waals surface area contributed by atoms with E-state index in [2.05, 4.69) is 22.4 Å². The Morgan fingerprint density at radius 3 is 2.80 bits per heavy atom. The van der Waals surface area contributed by atoms with Crippen molar-refractivity contribution in [1.29, 1.82) is 0 Å². The smallest absolute Gasteiger partial charge is 0.229 e. The summed E-state index contributed by atoms with van der Waals surface area (Å²) >= 11 is 1.52. The topological polar surface area (TPSA) is 54.9 Å². The summed E-state index contributed by atoms with van der Waals surface area (Å²) in [6.07, 6.45) is 3.46. The van der Waals surface area contributed by atoms with Crippen molar-refractivity contribution in [3.63, 3.8) is 0 Å². The van der Waals surface area contributed by atoms with Crippen LogP contribution >= 0.6 is 11.3 Å². The molecule has 15 heavy (non-hydrogen) atoms. The largest absolute Gasteiger partial charge is 0.300 e. The molecule has 0 bridgehead atoms. The van der Waals surface area contributed by atoms with E-state index in [4.69, 9.17) is 0 Å². The highest BCUT2D eigenvalue weighted by molar-refractivity contribution is 7.15. The Bertz CT molecular complexity index is 399. The van der Waals surface area contributed by atoms with Gasteiger partial charge in [-0.3, -0.25) is 4.79 Å². The van der Waals surface area contributed by atoms with E-state index >= 15 is 0 Å². The van der Waals surface area contributed by atoms with Gasteiger partial charge >= 0.3 is 0 Å². The number of nitrogens with one attached hydrogen (secondary N) is 1. The number of aromatic nitrogens is 2. The fourth-order valence-electron chi connectivity index (χ4n) is 1.67. The van der Waals surface area contributed by atoms with Crippen LogP contribution in [0.2, 0.25) is 0 Å². The number of rotatable bonds is 3. The van der Waals surface area contributed by atoms with Gasteiger partial charge in [0, 0.05) is 11.8 Å². The lowest BCUT2D eigenvalue weighted by Crippen LogP contribution is -2.14. The summed E-state index contributed by atoms with van der Waals surface area (Å²) in [6, 6.07) is 0. The second-order valence-corrected chi connectivity index (χ2v) is 5.54. The van der Waals surface area contributed by atoms with E-state index in [1.54, 1.807) is 0 Å². The molecule has 1 aromatic heterocycles. The van der Waals surface area contributed by atoms with Gasteiger partial charge in [0.1, 0.15) is 5.01 Å². The average molecular weight is 223 g/mol. The Kier molecular flexibility index (Phi) is 2.02. The molecular formula is C10H13N3OS. The van der Waals surface area contributed by atoms with Gasteiger partial charge in [-0.2, -0.15) is 0 Å². The van der Waals surface area contributed by atoms with Crippen molar-refractivity contribution >= 4 is 22.4 Å². The average Bonchev–Trinajstić information content (AvgIpc) is 3.10. The van der Waals surface area contributed by atoms with Gasteiger partial charge in [-0.1, -0.05) is 18.3 Å². The Morgan fingerprint density at radius 1 is 1.47 bits per heavy atom. The van der Waals surface area contributed by atoms with Crippen LogP contribution in [0.1, 0.15) is 37.1 Å². The summed E-state index contributed by atoms with van der Waals surface area (Å²) in [7, 11) is 0. The zero-order valence-corrected chi connectivity index (χ0v) is 9.38. The predicted octanol–water partition coefficient (Wildman–Crippen LogP) is 2.01. The second kappa shape index (κ2) is 3.27. The molecule has 0 aromatic carbocycles. The summed E-state index contributed by atoms with van der Waals surface area (Å²) in [4.78, 5) is 11.6. The van der Waals surface area contributed by atoms with Crippen molar-refractivity contribution in [1.82, 2.24) is 10.2 Å². The van der Waals surface area contributed by atoms with Gasteiger partial charge in [0.25, 0.3) is 0 Å². The van der Waals surface area contributed by atoms with E-state index in [0.717, 1.165) is 11.4 Å².